The van der Waals surface area contributed by atoms with Crippen LogP contribution in [0.1, 0.15) is 30.4 Å². The van der Waals surface area contributed by atoms with Crippen LogP contribution < -0.4 is 0 Å². The molecule has 1 aromatic rings. The molecule has 0 radical (unpaired) electrons. The second-order valence-corrected chi connectivity index (χ2v) is 4.09. The SMILES string of the molecule is N#Cc1ccc(C2=NOC(CCC(=O)O)C2)cc1. The highest BCUT2D eigenvalue weighted by molar-refractivity contribution is 6.01. The van der Waals surface area contributed by atoms with Gasteiger partial charge in [-0.2, -0.15) is 5.26 Å². The zero-order chi connectivity index (χ0) is 13.0. The summed E-state index contributed by atoms with van der Waals surface area (Å²) < 4.78 is 0. The average Bonchev–Trinajstić information content (AvgIpc) is 2.85. The molecule has 0 amide bonds. The van der Waals surface area contributed by atoms with E-state index in [1.54, 1.807) is 12.1 Å². The molecule has 2 rings (SSSR count). The fourth-order valence-electron chi connectivity index (χ4n) is 1.78. The zero-order valence-electron chi connectivity index (χ0n) is 9.67. The minimum Gasteiger partial charge on any atom is -0.481 e. The predicted octanol–water partition coefficient (Wildman–Crippen LogP) is 1.92. The molecule has 1 heterocycles. The van der Waals surface area contributed by atoms with Crippen molar-refractivity contribution in [2.75, 3.05) is 0 Å². The van der Waals surface area contributed by atoms with Crippen LogP contribution in [-0.2, 0) is 9.63 Å². The number of hydrogen-bond acceptors (Lipinski definition) is 4. The van der Waals surface area contributed by atoms with Gasteiger partial charge in [0.2, 0.25) is 0 Å². The second kappa shape index (κ2) is 5.32. The lowest BCUT2D eigenvalue weighted by molar-refractivity contribution is -0.137. The van der Waals surface area contributed by atoms with Crippen LogP contribution >= 0.6 is 0 Å². The maximum Gasteiger partial charge on any atom is 0.303 e. The van der Waals surface area contributed by atoms with Gasteiger partial charge in [0.1, 0.15) is 6.10 Å². The normalized spacial score (nSPS) is 17.7. The van der Waals surface area contributed by atoms with Crippen molar-refractivity contribution in [2.45, 2.75) is 25.4 Å². The Morgan fingerprint density at radius 3 is 2.83 bits per heavy atom. The summed E-state index contributed by atoms with van der Waals surface area (Å²) in [6.07, 6.45) is 0.991. The van der Waals surface area contributed by atoms with Crippen LogP contribution in [0.4, 0.5) is 0 Å². The first-order valence-electron chi connectivity index (χ1n) is 5.64. The summed E-state index contributed by atoms with van der Waals surface area (Å²) in [5.41, 5.74) is 2.31. The van der Waals surface area contributed by atoms with Crippen molar-refractivity contribution in [3.63, 3.8) is 0 Å². The third-order valence-electron chi connectivity index (χ3n) is 2.76. The molecule has 0 aliphatic carbocycles. The number of benzene rings is 1. The molecule has 0 saturated heterocycles. The van der Waals surface area contributed by atoms with E-state index in [1.165, 1.54) is 0 Å². The van der Waals surface area contributed by atoms with Crippen molar-refractivity contribution in [3.8, 4) is 6.07 Å². The van der Waals surface area contributed by atoms with Gasteiger partial charge in [0.15, 0.2) is 0 Å². The van der Waals surface area contributed by atoms with Gasteiger partial charge in [-0.1, -0.05) is 17.3 Å². The monoisotopic (exact) mass is 244 g/mol. The standard InChI is InChI=1S/C13H12N2O3/c14-8-9-1-3-10(4-2-9)12-7-11(18-15-12)5-6-13(16)17/h1-4,11H,5-7H2,(H,16,17). The number of nitriles is 1. The molecule has 1 aliphatic heterocycles. The molecule has 0 aromatic heterocycles. The molecule has 0 spiro atoms. The quantitative estimate of drug-likeness (QED) is 0.877. The van der Waals surface area contributed by atoms with Gasteiger partial charge in [-0.05, 0) is 24.1 Å². The maximum absolute atomic E-state index is 10.5. The van der Waals surface area contributed by atoms with Gasteiger partial charge < -0.3 is 9.94 Å². The largest absolute Gasteiger partial charge is 0.481 e. The first-order valence-corrected chi connectivity index (χ1v) is 5.64. The van der Waals surface area contributed by atoms with Gasteiger partial charge in [0, 0.05) is 12.8 Å². The summed E-state index contributed by atoms with van der Waals surface area (Å²) in [5.74, 6) is -0.828. The van der Waals surface area contributed by atoms with Crippen molar-refractivity contribution < 1.29 is 14.7 Å². The summed E-state index contributed by atoms with van der Waals surface area (Å²) in [6.45, 7) is 0. The number of hydrogen-bond donors (Lipinski definition) is 1. The molecule has 5 heteroatoms. The lowest BCUT2D eigenvalue weighted by Crippen LogP contribution is -2.10. The van der Waals surface area contributed by atoms with Crippen LogP contribution in [0.25, 0.3) is 0 Å². The highest BCUT2D eigenvalue weighted by Gasteiger charge is 2.22. The molecular weight excluding hydrogens is 232 g/mol. The van der Waals surface area contributed by atoms with E-state index in [9.17, 15) is 4.79 Å². The Morgan fingerprint density at radius 2 is 2.22 bits per heavy atom. The number of aliphatic carboxylic acids is 1. The molecule has 1 N–H and O–H groups in total. The topological polar surface area (TPSA) is 82.7 Å². The summed E-state index contributed by atoms with van der Waals surface area (Å²) in [6, 6.07) is 9.14. The smallest absolute Gasteiger partial charge is 0.303 e. The van der Waals surface area contributed by atoms with Crippen molar-refractivity contribution in [1.29, 1.82) is 5.26 Å². The van der Waals surface area contributed by atoms with E-state index in [1.807, 2.05) is 18.2 Å². The van der Waals surface area contributed by atoms with E-state index in [4.69, 9.17) is 15.2 Å². The van der Waals surface area contributed by atoms with E-state index in [-0.39, 0.29) is 12.5 Å². The van der Waals surface area contributed by atoms with Crippen LogP contribution in [0.15, 0.2) is 29.4 Å². The fraction of sp³-hybridized carbons (Fsp3) is 0.308. The van der Waals surface area contributed by atoms with E-state index < -0.39 is 5.97 Å². The lowest BCUT2D eigenvalue weighted by Gasteiger charge is -2.05. The number of carbonyl (C=O) groups is 1. The van der Waals surface area contributed by atoms with Gasteiger partial charge in [-0.3, -0.25) is 4.79 Å². The summed E-state index contributed by atoms with van der Waals surface area (Å²) in [5, 5.41) is 21.2. The van der Waals surface area contributed by atoms with Gasteiger partial charge >= 0.3 is 5.97 Å². The Morgan fingerprint density at radius 1 is 1.50 bits per heavy atom. The Labute approximate surface area is 104 Å². The summed E-state index contributed by atoms with van der Waals surface area (Å²) >= 11 is 0. The molecular formula is C13H12N2O3. The zero-order valence-corrected chi connectivity index (χ0v) is 9.67. The Bertz CT molecular complexity index is 514. The summed E-state index contributed by atoms with van der Waals surface area (Å²) in [4.78, 5) is 15.6. The Kier molecular flexibility index (Phi) is 3.58. The van der Waals surface area contributed by atoms with Crippen LogP contribution in [0.3, 0.4) is 0 Å². The van der Waals surface area contributed by atoms with E-state index in [2.05, 4.69) is 5.16 Å². The molecule has 1 unspecified atom stereocenters. The molecule has 18 heavy (non-hydrogen) atoms. The summed E-state index contributed by atoms with van der Waals surface area (Å²) in [7, 11) is 0. The second-order valence-electron chi connectivity index (χ2n) is 4.09. The molecule has 1 atom stereocenters. The van der Waals surface area contributed by atoms with Gasteiger partial charge in [0.25, 0.3) is 0 Å². The number of carboxylic acids is 1. The lowest BCUT2D eigenvalue weighted by atomic mass is 10.0. The molecule has 0 bridgehead atoms. The van der Waals surface area contributed by atoms with Gasteiger partial charge in [-0.15, -0.1) is 0 Å². The van der Waals surface area contributed by atoms with Gasteiger partial charge in [-0.25, -0.2) is 0 Å². The van der Waals surface area contributed by atoms with E-state index in [0.717, 1.165) is 11.3 Å². The number of carboxylic acid groups (broad SMARTS) is 1. The predicted molar refractivity (Wildman–Crippen MR) is 64.1 cm³/mol. The minimum atomic E-state index is -0.828. The van der Waals surface area contributed by atoms with E-state index in [0.29, 0.717) is 18.4 Å². The Hall–Kier alpha value is -2.35. The highest BCUT2D eigenvalue weighted by Crippen LogP contribution is 2.20. The first-order chi connectivity index (χ1) is 8.69. The molecule has 0 saturated carbocycles. The third kappa shape index (κ3) is 2.86. The molecule has 92 valence electrons. The molecule has 1 aliphatic rings. The van der Waals surface area contributed by atoms with Crippen molar-refractivity contribution >= 4 is 11.7 Å². The van der Waals surface area contributed by atoms with Crippen molar-refractivity contribution in [1.82, 2.24) is 0 Å². The first kappa shape index (κ1) is 12.1. The van der Waals surface area contributed by atoms with Crippen LogP contribution in [0.5, 0.6) is 0 Å². The van der Waals surface area contributed by atoms with Crippen LogP contribution in [-0.4, -0.2) is 22.9 Å². The highest BCUT2D eigenvalue weighted by atomic mass is 16.6. The minimum absolute atomic E-state index is 0.0842. The Balaban J connectivity index is 1.95. The van der Waals surface area contributed by atoms with Gasteiger partial charge in [0.05, 0.1) is 17.3 Å². The molecule has 1 aromatic carbocycles. The van der Waals surface area contributed by atoms with Crippen molar-refractivity contribution in [2.24, 2.45) is 5.16 Å². The number of nitrogens with zero attached hydrogens (tertiary/aromatic N) is 2. The maximum atomic E-state index is 10.5. The van der Waals surface area contributed by atoms with Crippen molar-refractivity contribution in [3.05, 3.63) is 35.4 Å². The third-order valence-corrected chi connectivity index (χ3v) is 2.76. The van der Waals surface area contributed by atoms with E-state index >= 15 is 0 Å². The molecule has 5 nitrogen and oxygen atoms in total. The van der Waals surface area contributed by atoms with Crippen LogP contribution in [0, 0.1) is 11.3 Å². The fourth-order valence-corrected chi connectivity index (χ4v) is 1.78. The number of rotatable bonds is 4. The number of oxime groups is 1. The van der Waals surface area contributed by atoms with Crippen LogP contribution in [0.2, 0.25) is 0 Å². The average molecular weight is 244 g/mol. The molecule has 0 fully saturated rings.